The van der Waals surface area contributed by atoms with Gasteiger partial charge in [0.1, 0.15) is 6.10 Å². The van der Waals surface area contributed by atoms with Crippen molar-refractivity contribution in [2.75, 3.05) is 0 Å². The van der Waals surface area contributed by atoms with Crippen molar-refractivity contribution in [2.45, 2.75) is 57.7 Å². The van der Waals surface area contributed by atoms with E-state index < -0.39 is 0 Å². The summed E-state index contributed by atoms with van der Waals surface area (Å²) in [6.45, 7) is 8.99. The molecular formula is C21H27NO. The van der Waals surface area contributed by atoms with Crippen LogP contribution < -0.4 is 0 Å². The van der Waals surface area contributed by atoms with Gasteiger partial charge in [-0.05, 0) is 51.7 Å². The van der Waals surface area contributed by atoms with E-state index in [9.17, 15) is 0 Å². The number of hydrogen-bond donors (Lipinski definition) is 0. The molecule has 1 fully saturated rings. The molecule has 2 aromatic rings. The van der Waals surface area contributed by atoms with Gasteiger partial charge in [0.05, 0.1) is 5.54 Å². The first-order chi connectivity index (χ1) is 10.9. The Morgan fingerprint density at radius 1 is 0.870 bits per heavy atom. The lowest BCUT2D eigenvalue weighted by Gasteiger charge is -2.43. The first-order valence-electron chi connectivity index (χ1n) is 8.51. The molecule has 0 spiro atoms. The molecule has 2 atom stereocenters. The van der Waals surface area contributed by atoms with Gasteiger partial charge in [-0.25, -0.2) is 0 Å². The summed E-state index contributed by atoms with van der Waals surface area (Å²) in [5, 5.41) is 2.24. The predicted molar refractivity (Wildman–Crippen MR) is 94.9 cm³/mol. The van der Waals surface area contributed by atoms with Crippen LogP contribution in [0, 0.1) is 0 Å². The van der Waals surface area contributed by atoms with E-state index in [0.29, 0.717) is 0 Å². The molecule has 3 rings (SSSR count). The molecule has 1 saturated heterocycles. The normalized spacial score (nSPS) is 25.4. The standard InChI is InChI=1S/C21H27NO/c1-17(18-11-7-5-8-12-18)23-22-20(2,3)15-16-21(22,4)19-13-9-6-10-14-19/h5-14,17H,15-16H2,1-4H3. The summed E-state index contributed by atoms with van der Waals surface area (Å²) < 4.78 is 0. The number of hydroxylamine groups is 2. The largest absolute Gasteiger partial charge is 0.290 e. The zero-order valence-electron chi connectivity index (χ0n) is 14.6. The fourth-order valence-corrected chi connectivity index (χ4v) is 3.68. The van der Waals surface area contributed by atoms with Crippen LogP contribution in [0.3, 0.4) is 0 Å². The van der Waals surface area contributed by atoms with Crippen LogP contribution in [0.25, 0.3) is 0 Å². The molecule has 0 N–H and O–H groups in total. The van der Waals surface area contributed by atoms with Crippen LogP contribution in [-0.4, -0.2) is 10.6 Å². The van der Waals surface area contributed by atoms with Crippen molar-refractivity contribution in [3.05, 3.63) is 71.8 Å². The Labute approximate surface area is 140 Å². The zero-order valence-corrected chi connectivity index (χ0v) is 14.6. The van der Waals surface area contributed by atoms with E-state index in [1.165, 1.54) is 11.1 Å². The summed E-state index contributed by atoms with van der Waals surface area (Å²) in [7, 11) is 0. The molecule has 0 radical (unpaired) electrons. The van der Waals surface area contributed by atoms with Gasteiger partial charge in [-0.3, -0.25) is 4.84 Å². The average Bonchev–Trinajstić information content (AvgIpc) is 2.81. The smallest absolute Gasteiger partial charge is 0.102 e. The highest BCUT2D eigenvalue weighted by atomic mass is 16.7. The molecule has 0 aliphatic carbocycles. The minimum Gasteiger partial charge on any atom is -0.290 e. The van der Waals surface area contributed by atoms with Gasteiger partial charge in [0.15, 0.2) is 0 Å². The maximum absolute atomic E-state index is 6.52. The molecule has 2 heteroatoms. The lowest BCUT2D eigenvalue weighted by molar-refractivity contribution is -0.275. The second kappa shape index (κ2) is 6.10. The first kappa shape index (κ1) is 16.2. The summed E-state index contributed by atoms with van der Waals surface area (Å²) >= 11 is 0. The van der Waals surface area contributed by atoms with Gasteiger partial charge < -0.3 is 0 Å². The zero-order chi connectivity index (χ0) is 16.5. The Hall–Kier alpha value is -1.64. The van der Waals surface area contributed by atoms with Crippen LogP contribution in [0.2, 0.25) is 0 Å². The molecule has 0 saturated carbocycles. The van der Waals surface area contributed by atoms with Crippen molar-refractivity contribution in [3.8, 4) is 0 Å². The molecule has 23 heavy (non-hydrogen) atoms. The van der Waals surface area contributed by atoms with Crippen molar-refractivity contribution in [2.24, 2.45) is 0 Å². The molecule has 122 valence electrons. The molecule has 2 unspecified atom stereocenters. The fourth-order valence-electron chi connectivity index (χ4n) is 3.68. The van der Waals surface area contributed by atoms with E-state index in [1.807, 2.05) is 6.07 Å². The highest BCUT2D eigenvalue weighted by Crippen LogP contribution is 2.48. The monoisotopic (exact) mass is 309 g/mol. The third-order valence-corrected chi connectivity index (χ3v) is 5.15. The van der Waals surface area contributed by atoms with E-state index in [2.05, 4.69) is 87.4 Å². The number of hydrogen-bond acceptors (Lipinski definition) is 2. The third-order valence-electron chi connectivity index (χ3n) is 5.15. The Morgan fingerprint density at radius 3 is 2.04 bits per heavy atom. The average molecular weight is 309 g/mol. The van der Waals surface area contributed by atoms with Crippen molar-refractivity contribution < 1.29 is 4.84 Å². The molecule has 1 aliphatic rings. The van der Waals surface area contributed by atoms with Gasteiger partial charge in [0.2, 0.25) is 0 Å². The van der Waals surface area contributed by atoms with Crippen LogP contribution in [0.4, 0.5) is 0 Å². The van der Waals surface area contributed by atoms with Gasteiger partial charge in [0.25, 0.3) is 0 Å². The van der Waals surface area contributed by atoms with E-state index in [0.717, 1.165) is 12.8 Å². The SMILES string of the molecule is CC(ON1C(C)(C)CCC1(C)c1ccccc1)c1ccccc1. The van der Waals surface area contributed by atoms with Crippen LogP contribution in [0.1, 0.15) is 57.8 Å². The molecule has 0 bridgehead atoms. The number of nitrogens with zero attached hydrogens (tertiary/aromatic N) is 1. The van der Waals surface area contributed by atoms with Gasteiger partial charge >= 0.3 is 0 Å². The Balaban J connectivity index is 1.90. The lowest BCUT2D eigenvalue weighted by atomic mass is 9.90. The molecular weight excluding hydrogens is 282 g/mol. The number of rotatable bonds is 4. The first-order valence-corrected chi connectivity index (χ1v) is 8.51. The summed E-state index contributed by atoms with van der Waals surface area (Å²) in [4.78, 5) is 6.52. The van der Waals surface area contributed by atoms with Crippen molar-refractivity contribution in [3.63, 3.8) is 0 Å². The quantitative estimate of drug-likeness (QED) is 0.742. The Morgan fingerprint density at radius 2 is 1.43 bits per heavy atom. The second-order valence-electron chi connectivity index (χ2n) is 7.41. The summed E-state index contributed by atoms with van der Waals surface area (Å²) in [5.74, 6) is 0. The maximum atomic E-state index is 6.52. The molecule has 2 nitrogen and oxygen atoms in total. The minimum absolute atomic E-state index is 0.0215. The fraction of sp³-hybridized carbons (Fsp3) is 0.429. The molecule has 1 heterocycles. The van der Waals surface area contributed by atoms with E-state index >= 15 is 0 Å². The molecule has 2 aromatic carbocycles. The maximum Gasteiger partial charge on any atom is 0.102 e. The van der Waals surface area contributed by atoms with E-state index in [1.54, 1.807) is 0 Å². The van der Waals surface area contributed by atoms with Crippen molar-refractivity contribution in [1.82, 2.24) is 5.06 Å². The summed E-state index contributed by atoms with van der Waals surface area (Å²) in [6, 6.07) is 21.2. The second-order valence-corrected chi connectivity index (χ2v) is 7.41. The highest BCUT2D eigenvalue weighted by molar-refractivity contribution is 5.26. The molecule has 1 aliphatic heterocycles. The van der Waals surface area contributed by atoms with Gasteiger partial charge in [-0.1, -0.05) is 60.7 Å². The van der Waals surface area contributed by atoms with Crippen LogP contribution in [0.15, 0.2) is 60.7 Å². The van der Waals surface area contributed by atoms with Crippen LogP contribution in [0.5, 0.6) is 0 Å². The highest BCUT2D eigenvalue weighted by Gasteiger charge is 2.50. The van der Waals surface area contributed by atoms with Crippen molar-refractivity contribution in [1.29, 1.82) is 0 Å². The third kappa shape index (κ3) is 3.06. The van der Waals surface area contributed by atoms with Crippen LogP contribution >= 0.6 is 0 Å². The Bertz CT molecular complexity index is 637. The Kier molecular flexibility index (Phi) is 4.31. The number of benzene rings is 2. The van der Waals surface area contributed by atoms with E-state index in [4.69, 9.17) is 4.84 Å². The minimum atomic E-state index is -0.0895. The van der Waals surface area contributed by atoms with Gasteiger partial charge in [0, 0.05) is 5.54 Å². The summed E-state index contributed by atoms with van der Waals surface area (Å²) in [6.07, 6.45) is 2.27. The topological polar surface area (TPSA) is 12.5 Å². The molecule has 0 aromatic heterocycles. The predicted octanol–water partition coefficient (Wildman–Crippen LogP) is 5.47. The lowest BCUT2D eigenvalue weighted by Crippen LogP contribution is -2.48. The van der Waals surface area contributed by atoms with Crippen molar-refractivity contribution >= 4 is 0 Å². The summed E-state index contributed by atoms with van der Waals surface area (Å²) in [5.41, 5.74) is 2.47. The van der Waals surface area contributed by atoms with Crippen LogP contribution in [-0.2, 0) is 10.4 Å². The van der Waals surface area contributed by atoms with E-state index in [-0.39, 0.29) is 17.2 Å². The van der Waals surface area contributed by atoms with Gasteiger partial charge in [-0.15, -0.1) is 0 Å². The molecule has 0 amide bonds. The van der Waals surface area contributed by atoms with Gasteiger partial charge in [-0.2, -0.15) is 5.06 Å².